The van der Waals surface area contributed by atoms with Crippen LogP contribution < -0.4 is 21.3 Å². The van der Waals surface area contributed by atoms with E-state index in [1.807, 2.05) is 0 Å². The monoisotopic (exact) mass is 512 g/mol. The number of hydrogen-bond donors (Lipinski definition) is 3. The van der Waals surface area contributed by atoms with Crippen molar-refractivity contribution >= 4 is 57.9 Å². The van der Waals surface area contributed by atoms with Crippen LogP contribution in [0.5, 0.6) is 0 Å². The van der Waals surface area contributed by atoms with Crippen LogP contribution in [0.15, 0.2) is 54.6 Å². The molecule has 3 aromatic rings. The highest BCUT2D eigenvalue weighted by Crippen LogP contribution is 2.25. The number of amides is 4. The zero-order valence-corrected chi connectivity index (χ0v) is 19.9. The Hall–Kier alpha value is -3.73. The first-order chi connectivity index (χ1) is 16.8. The van der Waals surface area contributed by atoms with E-state index in [1.165, 1.54) is 6.07 Å². The molecular weight excluding hydrogens is 492 g/mol. The fourth-order valence-electron chi connectivity index (χ4n) is 3.57. The molecule has 35 heavy (non-hydrogen) atoms. The number of nitrogens with one attached hydrogen (secondary N) is 2. The van der Waals surface area contributed by atoms with Crippen molar-refractivity contribution in [1.82, 2.24) is 5.32 Å². The molecule has 1 aliphatic heterocycles. The third-order valence-corrected chi connectivity index (χ3v) is 6.55. The Morgan fingerprint density at radius 1 is 1.06 bits per heavy atom. The number of primary amides is 1. The summed E-state index contributed by atoms with van der Waals surface area (Å²) in [5.74, 6) is -1.69. The number of ether oxygens (including phenoxy) is 1. The van der Waals surface area contributed by atoms with Gasteiger partial charge in [-0.15, -0.1) is 11.3 Å². The molecule has 1 saturated heterocycles. The van der Waals surface area contributed by atoms with E-state index in [1.54, 1.807) is 53.4 Å². The predicted octanol–water partition coefficient (Wildman–Crippen LogP) is 3.05. The highest BCUT2D eigenvalue weighted by molar-refractivity contribution is 7.18. The van der Waals surface area contributed by atoms with Gasteiger partial charge in [0.1, 0.15) is 6.61 Å². The quantitative estimate of drug-likeness (QED) is 0.448. The zero-order chi connectivity index (χ0) is 24.9. The van der Waals surface area contributed by atoms with Gasteiger partial charge >= 0.3 is 0 Å². The van der Waals surface area contributed by atoms with Gasteiger partial charge in [0.05, 0.1) is 27.1 Å². The number of rotatable bonds is 7. The van der Waals surface area contributed by atoms with Gasteiger partial charge in [0.15, 0.2) is 0 Å². The topological polar surface area (TPSA) is 131 Å². The Kier molecular flexibility index (Phi) is 7.45. The Bertz CT molecular complexity index is 1290. The molecular formula is C24H21ClN4O5S. The molecule has 4 N–H and O–H groups in total. The van der Waals surface area contributed by atoms with Crippen molar-refractivity contribution in [2.24, 2.45) is 5.73 Å². The number of nitrogens with zero attached hydrogens (tertiary/aromatic N) is 1. The van der Waals surface area contributed by atoms with Crippen LogP contribution in [0.25, 0.3) is 0 Å². The van der Waals surface area contributed by atoms with E-state index in [9.17, 15) is 19.2 Å². The molecule has 0 radical (unpaired) electrons. The van der Waals surface area contributed by atoms with E-state index in [2.05, 4.69) is 10.6 Å². The first-order valence-corrected chi connectivity index (χ1v) is 11.8. The third-order valence-electron chi connectivity index (χ3n) is 5.32. The lowest BCUT2D eigenvalue weighted by Gasteiger charge is -2.26. The summed E-state index contributed by atoms with van der Waals surface area (Å²) in [6.07, 6.45) is 0. The van der Waals surface area contributed by atoms with Crippen molar-refractivity contribution < 1.29 is 23.9 Å². The second-order valence-corrected chi connectivity index (χ2v) is 9.30. The summed E-state index contributed by atoms with van der Waals surface area (Å²) < 4.78 is 5.63. The number of carbonyl (C=O) groups is 4. The normalized spacial score (nSPS) is 13.4. The molecule has 180 valence electrons. The molecule has 0 spiro atoms. The number of para-hydroxylation sites is 1. The van der Waals surface area contributed by atoms with E-state index < -0.39 is 11.8 Å². The summed E-state index contributed by atoms with van der Waals surface area (Å²) in [6.45, 7) is 0.938. The largest absolute Gasteiger partial charge is 0.370 e. The van der Waals surface area contributed by atoms with Crippen molar-refractivity contribution in [1.29, 1.82) is 0 Å². The maximum atomic E-state index is 13.0. The van der Waals surface area contributed by atoms with E-state index in [-0.39, 0.29) is 36.2 Å². The Morgan fingerprint density at radius 2 is 1.83 bits per heavy atom. The van der Waals surface area contributed by atoms with E-state index in [0.717, 1.165) is 11.3 Å². The molecule has 2 heterocycles. The lowest BCUT2D eigenvalue weighted by atomic mass is 10.0. The van der Waals surface area contributed by atoms with Gasteiger partial charge in [0.25, 0.3) is 23.6 Å². The van der Waals surface area contributed by atoms with Gasteiger partial charge in [-0.25, -0.2) is 0 Å². The van der Waals surface area contributed by atoms with Gasteiger partial charge in [-0.05, 0) is 48.0 Å². The molecule has 1 aromatic heterocycles. The molecule has 4 rings (SSSR count). The van der Waals surface area contributed by atoms with Crippen LogP contribution in [0.4, 0.5) is 11.4 Å². The number of anilines is 2. The minimum Gasteiger partial charge on any atom is -0.370 e. The van der Waals surface area contributed by atoms with Crippen molar-refractivity contribution in [3.8, 4) is 0 Å². The standard InChI is InChI=1S/C24H21ClN4O5S/c25-19-9-8-18(35-19)24(33)27-12-15-2-1-3-17(22(26)31)21(15)28-23(32)14-4-6-16(7-5-14)29-10-11-34-13-20(29)30/h1-9H,10-13H2,(H2,26,31)(H,27,33)(H,28,32). The predicted molar refractivity (Wildman–Crippen MR) is 133 cm³/mol. The Balaban J connectivity index is 1.52. The molecule has 9 nitrogen and oxygen atoms in total. The molecule has 0 aliphatic carbocycles. The molecule has 0 atom stereocenters. The summed E-state index contributed by atoms with van der Waals surface area (Å²) in [5.41, 5.74) is 7.32. The van der Waals surface area contributed by atoms with Gasteiger partial charge in [-0.3, -0.25) is 19.2 Å². The van der Waals surface area contributed by atoms with E-state index in [0.29, 0.717) is 39.2 Å². The van der Waals surface area contributed by atoms with Crippen LogP contribution in [-0.2, 0) is 16.1 Å². The number of nitrogens with two attached hydrogens (primary N) is 1. The Labute approximate surface area is 209 Å². The molecule has 0 unspecified atom stereocenters. The highest BCUT2D eigenvalue weighted by atomic mass is 35.5. The number of thiophene rings is 1. The van der Waals surface area contributed by atoms with Gasteiger partial charge < -0.3 is 26.0 Å². The summed E-state index contributed by atoms with van der Waals surface area (Å²) in [4.78, 5) is 51.5. The number of morpholine rings is 1. The highest BCUT2D eigenvalue weighted by Gasteiger charge is 2.21. The van der Waals surface area contributed by atoms with Crippen LogP contribution >= 0.6 is 22.9 Å². The fourth-order valence-corrected chi connectivity index (χ4v) is 4.53. The second-order valence-electron chi connectivity index (χ2n) is 7.59. The first kappa shape index (κ1) is 24.4. The van der Waals surface area contributed by atoms with Crippen molar-refractivity contribution in [3.63, 3.8) is 0 Å². The van der Waals surface area contributed by atoms with Gasteiger partial charge in [-0.2, -0.15) is 0 Å². The lowest BCUT2D eigenvalue weighted by molar-refractivity contribution is -0.125. The third kappa shape index (κ3) is 5.68. The molecule has 0 saturated carbocycles. The maximum absolute atomic E-state index is 13.0. The number of benzene rings is 2. The second kappa shape index (κ2) is 10.7. The first-order valence-electron chi connectivity index (χ1n) is 10.6. The summed E-state index contributed by atoms with van der Waals surface area (Å²) >= 11 is 7.03. The smallest absolute Gasteiger partial charge is 0.261 e. The van der Waals surface area contributed by atoms with Crippen molar-refractivity contribution in [2.75, 3.05) is 30.0 Å². The SMILES string of the molecule is NC(=O)c1cccc(CNC(=O)c2ccc(Cl)s2)c1NC(=O)c1ccc(N2CCOCC2=O)cc1. The number of hydrogen-bond acceptors (Lipinski definition) is 6. The average Bonchev–Trinajstić information content (AvgIpc) is 3.29. The minimum absolute atomic E-state index is 0.0188. The summed E-state index contributed by atoms with van der Waals surface area (Å²) in [5, 5.41) is 5.50. The lowest BCUT2D eigenvalue weighted by Crippen LogP contribution is -2.41. The van der Waals surface area contributed by atoms with Gasteiger partial charge in [-0.1, -0.05) is 23.7 Å². The molecule has 1 fully saturated rings. The number of carbonyl (C=O) groups excluding carboxylic acids is 4. The zero-order valence-electron chi connectivity index (χ0n) is 18.4. The van der Waals surface area contributed by atoms with E-state index in [4.69, 9.17) is 22.1 Å². The van der Waals surface area contributed by atoms with Gasteiger partial charge in [0, 0.05) is 24.3 Å². The molecule has 1 aliphatic rings. The van der Waals surface area contributed by atoms with Crippen LogP contribution in [0.1, 0.15) is 36.0 Å². The Morgan fingerprint density at radius 3 is 2.49 bits per heavy atom. The number of halogens is 1. The van der Waals surface area contributed by atoms with Crippen LogP contribution in [0.3, 0.4) is 0 Å². The van der Waals surface area contributed by atoms with Crippen LogP contribution in [0, 0.1) is 0 Å². The van der Waals surface area contributed by atoms with Crippen LogP contribution in [-0.4, -0.2) is 43.4 Å². The van der Waals surface area contributed by atoms with Crippen molar-refractivity contribution in [3.05, 3.63) is 80.5 Å². The summed E-state index contributed by atoms with van der Waals surface area (Å²) in [7, 11) is 0. The molecule has 0 bridgehead atoms. The van der Waals surface area contributed by atoms with Crippen LogP contribution in [0.2, 0.25) is 4.34 Å². The molecule has 11 heteroatoms. The average molecular weight is 513 g/mol. The summed E-state index contributed by atoms with van der Waals surface area (Å²) in [6, 6.07) is 14.5. The molecule has 4 amide bonds. The fraction of sp³-hybridized carbons (Fsp3) is 0.167. The maximum Gasteiger partial charge on any atom is 0.261 e. The van der Waals surface area contributed by atoms with E-state index >= 15 is 0 Å². The minimum atomic E-state index is -0.723. The van der Waals surface area contributed by atoms with Crippen molar-refractivity contribution in [2.45, 2.75) is 6.54 Å². The van der Waals surface area contributed by atoms with Gasteiger partial charge in [0.2, 0.25) is 0 Å². The molecule has 2 aromatic carbocycles.